The number of aromatic nitrogens is 1. The van der Waals surface area contributed by atoms with Crippen molar-refractivity contribution in [2.75, 3.05) is 5.73 Å². The summed E-state index contributed by atoms with van der Waals surface area (Å²) in [6.07, 6.45) is -3.68. The molecule has 0 atom stereocenters. The molecule has 0 aromatic carbocycles. The van der Waals surface area contributed by atoms with Crippen LogP contribution < -0.4 is 16.2 Å². The molecule has 1 rings (SSSR count). The van der Waals surface area contributed by atoms with E-state index in [-0.39, 0.29) is 17.8 Å². The van der Waals surface area contributed by atoms with Gasteiger partial charge in [0.05, 0.1) is 11.9 Å². The number of nitrogen functional groups attached to an aromatic ring is 1. The number of halogens is 3. The number of pyridine rings is 1. The minimum absolute atomic E-state index is 0.116. The number of hydrogen-bond donors (Lipinski definition) is 2. The van der Waals surface area contributed by atoms with Crippen LogP contribution in [0.1, 0.15) is 11.3 Å². The highest BCUT2D eigenvalue weighted by atomic mass is 19.4. The fourth-order valence-electron chi connectivity index (χ4n) is 1.12. The number of rotatable bonds is 2. The third-order valence-electron chi connectivity index (χ3n) is 1.79. The molecule has 0 spiro atoms. The Hall–Kier alpha value is -1.50. The average molecular weight is 221 g/mol. The molecule has 1 aromatic heterocycles. The lowest BCUT2D eigenvalue weighted by Crippen LogP contribution is -2.20. The fraction of sp³-hybridized carbons (Fsp3) is 0.375. The molecule has 0 saturated carbocycles. The van der Waals surface area contributed by atoms with Crippen LogP contribution in [0.2, 0.25) is 0 Å². The van der Waals surface area contributed by atoms with Gasteiger partial charge in [-0.15, -0.1) is 13.2 Å². The molecular formula is C8H10F3N3O. The van der Waals surface area contributed by atoms with Crippen molar-refractivity contribution in [3.05, 3.63) is 17.5 Å². The lowest BCUT2D eigenvalue weighted by atomic mass is 10.1. The molecule has 0 aliphatic carbocycles. The molecule has 84 valence electrons. The van der Waals surface area contributed by atoms with Gasteiger partial charge in [0.2, 0.25) is 0 Å². The van der Waals surface area contributed by atoms with Gasteiger partial charge in [0.1, 0.15) is 0 Å². The average Bonchev–Trinajstić information content (AvgIpc) is 2.10. The molecule has 15 heavy (non-hydrogen) atoms. The summed E-state index contributed by atoms with van der Waals surface area (Å²) in [4.78, 5) is 3.79. The van der Waals surface area contributed by atoms with Crippen LogP contribution >= 0.6 is 0 Å². The predicted octanol–water partition coefficient (Wildman–Crippen LogP) is 1.33. The lowest BCUT2D eigenvalue weighted by Gasteiger charge is -2.15. The molecule has 0 fully saturated rings. The Morgan fingerprint density at radius 2 is 2.07 bits per heavy atom. The zero-order valence-corrected chi connectivity index (χ0v) is 7.93. The normalized spacial score (nSPS) is 11.5. The van der Waals surface area contributed by atoms with Crippen LogP contribution in [0.15, 0.2) is 6.20 Å². The van der Waals surface area contributed by atoms with Gasteiger partial charge in [0.15, 0.2) is 5.75 Å². The molecule has 0 amide bonds. The van der Waals surface area contributed by atoms with Gasteiger partial charge >= 0.3 is 6.36 Å². The summed E-state index contributed by atoms with van der Waals surface area (Å²) >= 11 is 0. The number of nitrogens with zero attached hydrogens (tertiary/aromatic N) is 1. The van der Waals surface area contributed by atoms with E-state index < -0.39 is 12.1 Å². The minimum atomic E-state index is -4.79. The first-order chi connectivity index (χ1) is 6.85. The maximum Gasteiger partial charge on any atom is 0.573 e. The van der Waals surface area contributed by atoms with Crippen molar-refractivity contribution in [3.8, 4) is 5.75 Å². The van der Waals surface area contributed by atoms with Crippen LogP contribution in [0, 0.1) is 6.92 Å². The minimum Gasteiger partial charge on any atom is -0.403 e. The van der Waals surface area contributed by atoms with Gasteiger partial charge in [0, 0.05) is 17.8 Å². The van der Waals surface area contributed by atoms with Crippen molar-refractivity contribution < 1.29 is 17.9 Å². The lowest BCUT2D eigenvalue weighted by molar-refractivity contribution is -0.274. The number of ether oxygens (including phenoxy) is 1. The Morgan fingerprint density at radius 1 is 1.47 bits per heavy atom. The first-order valence-electron chi connectivity index (χ1n) is 4.05. The van der Waals surface area contributed by atoms with E-state index in [1.54, 1.807) is 0 Å². The summed E-state index contributed by atoms with van der Waals surface area (Å²) in [6, 6.07) is 0. The molecular weight excluding hydrogens is 211 g/mol. The maximum atomic E-state index is 12.0. The van der Waals surface area contributed by atoms with Crippen LogP contribution in [0.5, 0.6) is 5.75 Å². The number of hydrogen-bond acceptors (Lipinski definition) is 4. The standard InChI is InChI=1S/C8H10F3N3O/c1-4-5(2-12)7(6(13)3-14-4)15-8(9,10)11/h3H,2,12-13H2,1H3. The van der Waals surface area contributed by atoms with Crippen LogP contribution in [-0.4, -0.2) is 11.3 Å². The number of aryl methyl sites for hydroxylation is 1. The third kappa shape index (κ3) is 2.72. The van der Waals surface area contributed by atoms with Crippen molar-refractivity contribution in [3.63, 3.8) is 0 Å². The zero-order valence-electron chi connectivity index (χ0n) is 7.93. The number of nitrogens with two attached hydrogens (primary N) is 2. The van der Waals surface area contributed by atoms with Crippen LogP contribution in [0.4, 0.5) is 18.9 Å². The van der Waals surface area contributed by atoms with E-state index in [1.807, 2.05) is 0 Å². The van der Waals surface area contributed by atoms with Crippen molar-refractivity contribution in [2.24, 2.45) is 5.73 Å². The molecule has 7 heteroatoms. The summed E-state index contributed by atoms with van der Waals surface area (Å²) < 4.78 is 39.9. The molecule has 0 saturated heterocycles. The topological polar surface area (TPSA) is 74.2 Å². The summed E-state index contributed by atoms with van der Waals surface area (Å²) in [5.41, 5.74) is 11.0. The molecule has 4 nitrogen and oxygen atoms in total. The second-order valence-electron chi connectivity index (χ2n) is 2.86. The molecule has 0 radical (unpaired) electrons. The van der Waals surface area contributed by atoms with Crippen LogP contribution in [-0.2, 0) is 6.54 Å². The fourth-order valence-corrected chi connectivity index (χ4v) is 1.12. The Balaban J connectivity index is 3.20. The molecule has 1 aromatic rings. The third-order valence-corrected chi connectivity index (χ3v) is 1.79. The first-order valence-corrected chi connectivity index (χ1v) is 4.05. The van der Waals surface area contributed by atoms with Crippen LogP contribution in [0.25, 0.3) is 0 Å². The smallest absolute Gasteiger partial charge is 0.403 e. The van der Waals surface area contributed by atoms with Gasteiger partial charge in [-0.1, -0.05) is 0 Å². The van der Waals surface area contributed by atoms with Gasteiger partial charge in [-0.25, -0.2) is 0 Å². The highest BCUT2D eigenvalue weighted by molar-refractivity contribution is 5.56. The van der Waals surface area contributed by atoms with E-state index in [9.17, 15) is 13.2 Å². The second kappa shape index (κ2) is 3.93. The van der Waals surface area contributed by atoms with Crippen molar-refractivity contribution in [2.45, 2.75) is 19.8 Å². The van der Waals surface area contributed by atoms with Gasteiger partial charge in [-0.3, -0.25) is 4.98 Å². The van der Waals surface area contributed by atoms with Crippen molar-refractivity contribution >= 4 is 5.69 Å². The predicted molar refractivity (Wildman–Crippen MR) is 48.0 cm³/mol. The van der Waals surface area contributed by atoms with Gasteiger partial charge in [0.25, 0.3) is 0 Å². The van der Waals surface area contributed by atoms with E-state index in [0.29, 0.717) is 5.69 Å². The summed E-state index contributed by atoms with van der Waals surface area (Å²) in [6.45, 7) is 1.42. The maximum absolute atomic E-state index is 12.0. The summed E-state index contributed by atoms with van der Waals surface area (Å²) in [5.74, 6) is -0.461. The monoisotopic (exact) mass is 221 g/mol. The Bertz CT molecular complexity index is 365. The SMILES string of the molecule is Cc1ncc(N)c(OC(F)(F)F)c1CN. The molecule has 0 aliphatic heterocycles. The highest BCUT2D eigenvalue weighted by Gasteiger charge is 2.33. The van der Waals surface area contributed by atoms with Gasteiger partial charge in [-0.2, -0.15) is 0 Å². The van der Waals surface area contributed by atoms with E-state index >= 15 is 0 Å². The Morgan fingerprint density at radius 3 is 2.53 bits per heavy atom. The van der Waals surface area contributed by atoms with E-state index in [0.717, 1.165) is 6.20 Å². The van der Waals surface area contributed by atoms with E-state index in [2.05, 4.69) is 9.72 Å². The first kappa shape index (κ1) is 11.6. The quantitative estimate of drug-likeness (QED) is 0.790. The van der Waals surface area contributed by atoms with Gasteiger partial charge in [-0.05, 0) is 6.92 Å². The molecule has 4 N–H and O–H groups in total. The largest absolute Gasteiger partial charge is 0.573 e. The molecule has 1 heterocycles. The van der Waals surface area contributed by atoms with Crippen LogP contribution in [0.3, 0.4) is 0 Å². The Labute approximate surface area is 84.0 Å². The summed E-state index contributed by atoms with van der Waals surface area (Å²) in [7, 11) is 0. The zero-order chi connectivity index (χ0) is 11.6. The Kier molecular flexibility index (Phi) is 3.04. The molecule has 0 unspecified atom stereocenters. The number of anilines is 1. The number of alkyl halides is 3. The van der Waals surface area contributed by atoms with Crippen molar-refractivity contribution in [1.82, 2.24) is 4.98 Å². The highest BCUT2D eigenvalue weighted by Crippen LogP contribution is 2.32. The van der Waals surface area contributed by atoms with Gasteiger partial charge < -0.3 is 16.2 Å². The van der Waals surface area contributed by atoms with E-state index in [4.69, 9.17) is 11.5 Å². The molecule has 0 bridgehead atoms. The molecule has 0 aliphatic rings. The van der Waals surface area contributed by atoms with Crippen molar-refractivity contribution in [1.29, 1.82) is 0 Å². The van der Waals surface area contributed by atoms with E-state index in [1.165, 1.54) is 6.92 Å². The summed E-state index contributed by atoms with van der Waals surface area (Å²) in [5, 5.41) is 0. The second-order valence-corrected chi connectivity index (χ2v) is 2.86.